The Morgan fingerprint density at radius 2 is 1.81 bits per heavy atom. The third-order valence-corrected chi connectivity index (χ3v) is 5.65. The predicted molar refractivity (Wildman–Crippen MR) is 118 cm³/mol. The molecule has 1 fully saturated rings. The summed E-state index contributed by atoms with van der Waals surface area (Å²) in [6, 6.07) is 17.4. The first kappa shape index (κ1) is 21.5. The number of ether oxygens (including phenoxy) is 2. The quantitative estimate of drug-likeness (QED) is 0.573. The second-order valence-electron chi connectivity index (χ2n) is 7.75. The maximum atomic E-state index is 12.7. The van der Waals surface area contributed by atoms with E-state index in [1.807, 2.05) is 54.6 Å². The molecular formula is C24H26N4O4. The Bertz CT molecular complexity index is 1070. The van der Waals surface area contributed by atoms with Crippen LogP contribution in [0.3, 0.4) is 0 Å². The number of rotatable bonds is 7. The zero-order valence-electron chi connectivity index (χ0n) is 17.9. The number of benzene rings is 2. The zero-order valence-corrected chi connectivity index (χ0v) is 17.9. The third-order valence-electron chi connectivity index (χ3n) is 5.65. The van der Waals surface area contributed by atoms with Gasteiger partial charge < -0.3 is 14.8 Å². The smallest absolute Gasteiger partial charge is 0.360 e. The van der Waals surface area contributed by atoms with Gasteiger partial charge in [-0.1, -0.05) is 66.6 Å². The van der Waals surface area contributed by atoms with E-state index in [-0.39, 0.29) is 30.3 Å². The average Bonchev–Trinajstić information content (AvgIpc) is 3.33. The number of aromatic nitrogens is 3. The number of hydrogen-bond donors (Lipinski definition) is 1. The van der Waals surface area contributed by atoms with Gasteiger partial charge in [-0.2, -0.15) is 0 Å². The van der Waals surface area contributed by atoms with E-state index >= 15 is 0 Å². The molecule has 32 heavy (non-hydrogen) atoms. The van der Waals surface area contributed by atoms with Gasteiger partial charge in [-0.15, -0.1) is 5.10 Å². The molecule has 1 saturated carbocycles. The van der Waals surface area contributed by atoms with Crippen molar-refractivity contribution in [3.8, 4) is 16.9 Å². The van der Waals surface area contributed by atoms with E-state index in [0.29, 0.717) is 5.75 Å². The molecule has 1 N–H and O–H groups in total. The summed E-state index contributed by atoms with van der Waals surface area (Å²) in [6.45, 7) is -0.0855. The van der Waals surface area contributed by atoms with Gasteiger partial charge in [0.2, 0.25) is 0 Å². The lowest BCUT2D eigenvalue weighted by Gasteiger charge is -2.31. The van der Waals surface area contributed by atoms with Crippen LogP contribution in [-0.2, 0) is 9.53 Å². The molecule has 4 rings (SSSR count). The van der Waals surface area contributed by atoms with Gasteiger partial charge in [0, 0.05) is 5.56 Å². The molecule has 2 aromatic carbocycles. The molecule has 1 amide bonds. The van der Waals surface area contributed by atoms with E-state index in [0.717, 1.165) is 36.8 Å². The molecule has 1 aliphatic carbocycles. The van der Waals surface area contributed by atoms with Crippen LogP contribution in [0.4, 0.5) is 0 Å². The monoisotopic (exact) mass is 434 g/mol. The van der Waals surface area contributed by atoms with Gasteiger partial charge in [0.05, 0.1) is 25.4 Å². The van der Waals surface area contributed by atoms with Gasteiger partial charge in [0.15, 0.2) is 12.3 Å². The van der Waals surface area contributed by atoms with E-state index in [4.69, 9.17) is 9.47 Å². The maximum Gasteiger partial charge on any atom is 0.360 e. The average molecular weight is 434 g/mol. The van der Waals surface area contributed by atoms with E-state index in [2.05, 4.69) is 15.6 Å². The highest BCUT2D eigenvalue weighted by atomic mass is 16.5. The van der Waals surface area contributed by atoms with Crippen molar-refractivity contribution in [2.75, 3.05) is 13.7 Å². The van der Waals surface area contributed by atoms with Gasteiger partial charge in [0.25, 0.3) is 5.91 Å². The van der Waals surface area contributed by atoms with E-state index in [1.54, 1.807) is 10.9 Å². The van der Waals surface area contributed by atoms with Crippen molar-refractivity contribution >= 4 is 11.9 Å². The number of nitrogens with zero attached hydrogens (tertiary/aromatic N) is 3. The Balaban J connectivity index is 1.40. The molecule has 8 heteroatoms. The van der Waals surface area contributed by atoms with Crippen LogP contribution in [0.5, 0.6) is 5.75 Å². The molecule has 166 valence electrons. The second-order valence-corrected chi connectivity index (χ2v) is 7.75. The first-order valence-corrected chi connectivity index (χ1v) is 10.7. The highest BCUT2D eigenvalue weighted by Gasteiger charge is 2.29. The van der Waals surface area contributed by atoms with Gasteiger partial charge in [-0.25, -0.2) is 9.48 Å². The Kier molecular flexibility index (Phi) is 6.79. The van der Waals surface area contributed by atoms with Crippen molar-refractivity contribution < 1.29 is 19.1 Å². The van der Waals surface area contributed by atoms with Crippen LogP contribution < -0.4 is 10.1 Å². The topological polar surface area (TPSA) is 95.3 Å². The molecule has 2 atom stereocenters. The largest absolute Gasteiger partial charge is 0.483 e. The number of carbonyl (C=O) groups excluding carboxylic acids is 2. The summed E-state index contributed by atoms with van der Waals surface area (Å²) in [5.74, 6) is -0.0655. The number of para-hydroxylation sites is 1. The fourth-order valence-corrected chi connectivity index (χ4v) is 4.07. The fraction of sp³-hybridized carbons (Fsp3) is 0.333. The summed E-state index contributed by atoms with van der Waals surface area (Å²) in [4.78, 5) is 24.4. The standard InChI is InChI=1S/C24H26N4O4/c1-31-24(30)20-15-28(27-26-20)21-13-7-6-12-19(21)25-23(29)16-32-22-14-8-5-11-18(22)17-9-3-2-4-10-17/h2-5,8-11,14-15,19,21H,6-7,12-13,16H2,1H3,(H,25,29)/t19-,21-/m1/s1. The van der Waals surface area contributed by atoms with Crippen LogP contribution in [0.25, 0.3) is 11.1 Å². The lowest BCUT2D eigenvalue weighted by Crippen LogP contribution is -2.45. The Morgan fingerprint density at radius 1 is 1.06 bits per heavy atom. The van der Waals surface area contributed by atoms with E-state index in [9.17, 15) is 9.59 Å². The van der Waals surface area contributed by atoms with Crippen LogP contribution >= 0.6 is 0 Å². The molecule has 0 unspecified atom stereocenters. The zero-order chi connectivity index (χ0) is 22.3. The number of carbonyl (C=O) groups is 2. The molecule has 1 aliphatic rings. The minimum absolute atomic E-state index is 0.0739. The predicted octanol–water partition coefficient (Wildman–Crippen LogP) is 3.41. The van der Waals surface area contributed by atoms with Crippen LogP contribution in [0, 0.1) is 0 Å². The SMILES string of the molecule is COC(=O)c1cn([C@@H]2CCCC[C@H]2NC(=O)COc2ccccc2-c2ccccc2)nn1. The lowest BCUT2D eigenvalue weighted by atomic mass is 9.90. The summed E-state index contributed by atoms with van der Waals surface area (Å²) < 4.78 is 12.2. The van der Waals surface area contributed by atoms with E-state index in [1.165, 1.54) is 7.11 Å². The summed E-state index contributed by atoms with van der Waals surface area (Å²) in [5, 5.41) is 11.1. The highest BCUT2D eigenvalue weighted by Crippen LogP contribution is 2.30. The number of methoxy groups -OCH3 is 1. The van der Waals surface area contributed by atoms with Crippen molar-refractivity contribution in [1.29, 1.82) is 0 Å². The summed E-state index contributed by atoms with van der Waals surface area (Å²) in [7, 11) is 1.31. The molecule has 0 bridgehead atoms. The first-order valence-electron chi connectivity index (χ1n) is 10.7. The first-order chi connectivity index (χ1) is 15.7. The normalized spacial score (nSPS) is 18.0. The van der Waals surface area contributed by atoms with Crippen LogP contribution in [0.15, 0.2) is 60.8 Å². The van der Waals surface area contributed by atoms with Crippen molar-refractivity contribution in [3.05, 3.63) is 66.5 Å². The summed E-state index contributed by atoms with van der Waals surface area (Å²) in [5.41, 5.74) is 2.13. The van der Waals surface area contributed by atoms with Crippen molar-refractivity contribution in [1.82, 2.24) is 20.3 Å². The van der Waals surface area contributed by atoms with E-state index < -0.39 is 5.97 Å². The minimum atomic E-state index is -0.530. The van der Waals surface area contributed by atoms with Crippen molar-refractivity contribution in [3.63, 3.8) is 0 Å². The van der Waals surface area contributed by atoms with Crippen LogP contribution in [0.1, 0.15) is 42.2 Å². The maximum absolute atomic E-state index is 12.7. The van der Waals surface area contributed by atoms with Crippen molar-refractivity contribution in [2.24, 2.45) is 0 Å². The van der Waals surface area contributed by atoms with Gasteiger partial charge in [-0.3, -0.25) is 4.79 Å². The second kappa shape index (κ2) is 10.1. The molecule has 0 aliphatic heterocycles. The Labute approximate surface area is 186 Å². The molecule has 1 heterocycles. The Hall–Kier alpha value is -3.68. The number of hydrogen-bond acceptors (Lipinski definition) is 6. The number of esters is 1. The van der Waals surface area contributed by atoms with Crippen molar-refractivity contribution in [2.45, 2.75) is 37.8 Å². The highest BCUT2D eigenvalue weighted by molar-refractivity contribution is 5.86. The molecule has 0 radical (unpaired) electrons. The molecule has 8 nitrogen and oxygen atoms in total. The molecule has 1 aromatic heterocycles. The molecule has 0 saturated heterocycles. The lowest BCUT2D eigenvalue weighted by molar-refractivity contribution is -0.124. The molecular weight excluding hydrogens is 408 g/mol. The van der Waals surface area contributed by atoms with Gasteiger partial charge in [0.1, 0.15) is 5.75 Å². The minimum Gasteiger partial charge on any atom is -0.483 e. The van der Waals surface area contributed by atoms with Gasteiger partial charge >= 0.3 is 5.97 Å². The number of amides is 1. The number of nitrogens with one attached hydrogen (secondary N) is 1. The summed E-state index contributed by atoms with van der Waals surface area (Å²) in [6.07, 6.45) is 5.27. The van der Waals surface area contributed by atoms with Crippen LogP contribution in [0.2, 0.25) is 0 Å². The molecule has 3 aromatic rings. The molecule has 0 spiro atoms. The summed E-state index contributed by atoms with van der Waals surface area (Å²) >= 11 is 0. The van der Waals surface area contributed by atoms with Gasteiger partial charge in [-0.05, 0) is 24.5 Å². The fourth-order valence-electron chi connectivity index (χ4n) is 4.07. The van der Waals surface area contributed by atoms with Crippen LogP contribution in [-0.4, -0.2) is 46.6 Å². The third kappa shape index (κ3) is 4.96. The Morgan fingerprint density at radius 3 is 2.62 bits per heavy atom.